The van der Waals surface area contributed by atoms with E-state index < -0.39 is 32.5 Å². The Labute approximate surface area is 337 Å². The van der Waals surface area contributed by atoms with Crippen molar-refractivity contribution < 1.29 is 37.6 Å². The first-order valence-corrected chi connectivity index (χ1v) is 23.6. The van der Waals surface area contributed by atoms with Crippen LogP contribution in [-0.4, -0.2) is 42.8 Å². The molecule has 0 heterocycles. The lowest BCUT2D eigenvalue weighted by molar-refractivity contribution is -0.160. The Morgan fingerprint density at radius 2 is 0.909 bits per heavy atom. The zero-order chi connectivity index (χ0) is 40.3. The molecular weight excluding hydrogens is 711 g/mol. The maximum absolute atomic E-state index is 12.5. The molecule has 0 aromatic heterocycles. The largest absolute Gasteiger partial charge is 0.472 e. The van der Waals surface area contributed by atoms with Gasteiger partial charge < -0.3 is 14.4 Å². The molecule has 8 nitrogen and oxygen atoms in total. The number of unbranched alkanes of at least 4 members (excludes halogenated alkanes) is 19. The van der Waals surface area contributed by atoms with Crippen LogP contribution in [0.4, 0.5) is 0 Å². The predicted molar refractivity (Wildman–Crippen MR) is 230 cm³/mol. The molecule has 0 aromatic rings. The summed E-state index contributed by atoms with van der Waals surface area (Å²) < 4.78 is 32.5. The normalized spacial score (nSPS) is 13.9. The van der Waals surface area contributed by atoms with Crippen molar-refractivity contribution in [3.8, 4) is 0 Å². The lowest BCUT2D eigenvalue weighted by Gasteiger charge is -2.19. The van der Waals surface area contributed by atoms with Crippen LogP contribution in [0.2, 0.25) is 0 Å². The zero-order valence-corrected chi connectivity index (χ0v) is 36.2. The van der Waals surface area contributed by atoms with E-state index in [9.17, 15) is 19.0 Å². The molecule has 318 valence electrons. The minimum Gasteiger partial charge on any atom is -0.462 e. The molecule has 2 unspecified atom stereocenters. The second-order valence-corrected chi connectivity index (χ2v) is 15.8. The van der Waals surface area contributed by atoms with Gasteiger partial charge in [-0.2, -0.15) is 0 Å². The molecule has 1 N–H and O–H groups in total. The molecule has 0 fully saturated rings. The Morgan fingerprint density at radius 1 is 0.509 bits per heavy atom. The van der Waals surface area contributed by atoms with Gasteiger partial charge in [0, 0.05) is 6.42 Å². The third kappa shape index (κ3) is 41.2. The average molecular weight is 793 g/mol. The van der Waals surface area contributed by atoms with Crippen LogP contribution in [0.3, 0.4) is 0 Å². The smallest absolute Gasteiger partial charge is 0.462 e. The van der Waals surface area contributed by atoms with Crippen LogP contribution < -0.4 is 0 Å². The van der Waals surface area contributed by atoms with Gasteiger partial charge in [-0.3, -0.25) is 18.6 Å². The van der Waals surface area contributed by atoms with Crippen LogP contribution in [-0.2, 0) is 32.7 Å². The number of carbonyl (C=O) groups excluding carboxylic acids is 2. The first kappa shape index (κ1) is 52.8. The van der Waals surface area contributed by atoms with E-state index in [1.807, 2.05) is 12.2 Å². The van der Waals surface area contributed by atoms with E-state index in [2.05, 4.69) is 56.4 Å². The molecule has 0 bridgehead atoms. The van der Waals surface area contributed by atoms with Crippen molar-refractivity contribution >= 4 is 19.8 Å². The number of esters is 2. The molecule has 2 atom stereocenters. The van der Waals surface area contributed by atoms with Crippen LogP contribution in [0, 0.1) is 0 Å². The summed E-state index contributed by atoms with van der Waals surface area (Å²) in [6.07, 6.45) is 50.3. The van der Waals surface area contributed by atoms with Gasteiger partial charge in [0.25, 0.3) is 0 Å². The lowest BCUT2D eigenvalue weighted by Crippen LogP contribution is -2.29. The Balaban J connectivity index is 4.13. The number of allylic oxidation sites excluding steroid dienone is 9. The highest BCUT2D eigenvalue weighted by atomic mass is 31.2. The van der Waals surface area contributed by atoms with Gasteiger partial charge in [0.2, 0.25) is 0 Å². The summed E-state index contributed by atoms with van der Waals surface area (Å²) >= 11 is 0. The van der Waals surface area contributed by atoms with E-state index >= 15 is 0 Å². The number of hydrogen-bond donors (Lipinski definition) is 1. The molecule has 0 aliphatic rings. The van der Waals surface area contributed by atoms with E-state index in [0.29, 0.717) is 6.42 Å². The first-order chi connectivity index (χ1) is 26.8. The molecule has 0 aliphatic carbocycles. The van der Waals surface area contributed by atoms with E-state index in [0.717, 1.165) is 44.9 Å². The molecule has 0 spiro atoms. The van der Waals surface area contributed by atoms with Gasteiger partial charge in [0.15, 0.2) is 6.10 Å². The molecule has 0 rings (SSSR count). The minimum absolute atomic E-state index is 0.0135. The quantitative estimate of drug-likeness (QED) is 0.0283. The van der Waals surface area contributed by atoms with E-state index in [4.69, 9.17) is 18.5 Å². The van der Waals surface area contributed by atoms with Crippen molar-refractivity contribution in [2.24, 2.45) is 0 Å². The Hall–Kier alpha value is -2.25. The molecule has 0 saturated carbocycles. The zero-order valence-electron chi connectivity index (χ0n) is 35.3. The van der Waals surface area contributed by atoms with Crippen LogP contribution in [0.1, 0.15) is 194 Å². The number of hydrogen-bond acceptors (Lipinski definition) is 7. The maximum Gasteiger partial charge on any atom is 0.472 e. The second kappa shape index (κ2) is 41.4. The van der Waals surface area contributed by atoms with Crippen molar-refractivity contribution in [3.05, 3.63) is 60.8 Å². The fourth-order valence-electron chi connectivity index (χ4n) is 5.94. The standard InChI is InChI=1S/C46H81O8P/c1-4-7-9-11-13-15-17-19-21-22-23-24-25-27-28-30-32-34-36-38-40-45(47)51-42-44(43-53-55(49,50)52-6-3)54-46(48)41-39-37-35-33-31-29-26-20-18-16-14-12-10-8-5-2/h8,10,14,16,20,26,31,33,37,39,44H,4-7,9,11-13,15,17-19,21-25,27-30,32,34-36,38,40-43H2,1-3H3,(H,49,50)/b10-8-,16-14-,26-20-,33-31-,39-37-. The molecule has 0 aliphatic heterocycles. The van der Waals surface area contributed by atoms with Crippen molar-refractivity contribution in [1.82, 2.24) is 0 Å². The van der Waals surface area contributed by atoms with Gasteiger partial charge in [-0.25, -0.2) is 4.57 Å². The maximum atomic E-state index is 12.5. The Kier molecular flexibility index (Phi) is 39.7. The van der Waals surface area contributed by atoms with Crippen molar-refractivity contribution in [2.75, 3.05) is 19.8 Å². The monoisotopic (exact) mass is 793 g/mol. The summed E-state index contributed by atoms with van der Waals surface area (Å²) in [6.45, 7) is 5.26. The molecule has 9 heteroatoms. The van der Waals surface area contributed by atoms with E-state index in [-0.39, 0.29) is 26.1 Å². The summed E-state index contributed by atoms with van der Waals surface area (Å²) in [5, 5.41) is 0. The summed E-state index contributed by atoms with van der Waals surface area (Å²) in [6, 6.07) is 0. The third-order valence-electron chi connectivity index (χ3n) is 9.12. The highest BCUT2D eigenvalue weighted by Gasteiger charge is 2.25. The molecule has 0 aromatic carbocycles. The van der Waals surface area contributed by atoms with Crippen LogP contribution in [0.5, 0.6) is 0 Å². The molecule has 0 saturated heterocycles. The van der Waals surface area contributed by atoms with E-state index in [1.165, 1.54) is 109 Å². The second-order valence-electron chi connectivity index (χ2n) is 14.4. The van der Waals surface area contributed by atoms with Crippen molar-refractivity contribution in [1.29, 1.82) is 0 Å². The number of phosphoric acid groups is 1. The predicted octanol–water partition coefficient (Wildman–Crippen LogP) is 13.9. The minimum atomic E-state index is -4.31. The fraction of sp³-hybridized carbons (Fsp3) is 0.739. The van der Waals surface area contributed by atoms with E-state index in [1.54, 1.807) is 13.0 Å². The summed E-state index contributed by atoms with van der Waals surface area (Å²) in [5.41, 5.74) is 0. The highest BCUT2D eigenvalue weighted by molar-refractivity contribution is 7.47. The summed E-state index contributed by atoms with van der Waals surface area (Å²) in [7, 11) is -4.31. The van der Waals surface area contributed by atoms with Gasteiger partial charge in [-0.1, -0.05) is 197 Å². The topological polar surface area (TPSA) is 108 Å². The summed E-state index contributed by atoms with van der Waals surface area (Å²) in [5.74, 6) is -0.942. The van der Waals surface area contributed by atoms with Gasteiger partial charge in [0.1, 0.15) is 6.61 Å². The molecular formula is C46H81O8P. The number of carbonyl (C=O) groups is 2. The van der Waals surface area contributed by atoms with Gasteiger partial charge in [-0.05, 0) is 45.4 Å². The number of ether oxygens (including phenoxy) is 2. The Bertz CT molecular complexity index is 1080. The average Bonchev–Trinajstić information content (AvgIpc) is 3.16. The highest BCUT2D eigenvalue weighted by Crippen LogP contribution is 2.43. The van der Waals surface area contributed by atoms with Crippen LogP contribution in [0.25, 0.3) is 0 Å². The lowest BCUT2D eigenvalue weighted by atomic mass is 10.0. The summed E-state index contributed by atoms with van der Waals surface area (Å²) in [4.78, 5) is 34.7. The first-order valence-electron chi connectivity index (χ1n) is 22.1. The molecule has 0 radical (unpaired) electrons. The fourth-order valence-corrected chi connectivity index (χ4v) is 6.70. The molecule has 55 heavy (non-hydrogen) atoms. The number of rotatable bonds is 40. The molecule has 0 amide bonds. The third-order valence-corrected chi connectivity index (χ3v) is 10.2. The van der Waals surface area contributed by atoms with Crippen molar-refractivity contribution in [2.45, 2.75) is 200 Å². The van der Waals surface area contributed by atoms with Gasteiger partial charge >= 0.3 is 19.8 Å². The van der Waals surface area contributed by atoms with Gasteiger partial charge in [0.05, 0.1) is 19.6 Å². The van der Waals surface area contributed by atoms with Crippen LogP contribution >= 0.6 is 7.82 Å². The Morgan fingerprint density at radius 3 is 1.33 bits per heavy atom. The van der Waals surface area contributed by atoms with Gasteiger partial charge in [-0.15, -0.1) is 0 Å². The van der Waals surface area contributed by atoms with Crippen LogP contribution in [0.15, 0.2) is 60.8 Å². The van der Waals surface area contributed by atoms with Crippen molar-refractivity contribution in [3.63, 3.8) is 0 Å². The SMILES string of the molecule is CC/C=C\C/C=C\C/C=C\C/C=C\C/C=C\CC(=O)OC(COC(=O)CCCCCCCCCCCCCCCCCCCCCC)COP(=O)(O)OCC. The number of phosphoric ester groups is 1.